The molecule has 0 bridgehead atoms. The minimum atomic E-state index is -3.67. The highest BCUT2D eigenvalue weighted by Crippen LogP contribution is 2.28. The van der Waals surface area contributed by atoms with Crippen LogP contribution in [0.15, 0.2) is 41.3 Å². The quantitative estimate of drug-likeness (QED) is 0.597. The first-order valence-electron chi connectivity index (χ1n) is 8.25. The highest BCUT2D eigenvalue weighted by Gasteiger charge is 2.17. The SMILES string of the molecule is CC(C)CNS(=O)(=O)c1ccc(OCC(=O)Nc2cc(Cl)ccc2Cl)c(Cl)c1. The molecule has 1 amide bonds. The molecule has 28 heavy (non-hydrogen) atoms. The lowest BCUT2D eigenvalue weighted by molar-refractivity contribution is -0.118. The summed E-state index contributed by atoms with van der Waals surface area (Å²) in [5, 5.41) is 3.40. The van der Waals surface area contributed by atoms with Gasteiger partial charge in [0.2, 0.25) is 10.0 Å². The van der Waals surface area contributed by atoms with Gasteiger partial charge in [0.15, 0.2) is 6.61 Å². The Labute approximate surface area is 179 Å². The van der Waals surface area contributed by atoms with Gasteiger partial charge in [-0.05, 0) is 42.3 Å². The molecule has 0 heterocycles. The molecular weight excluding hydrogens is 447 g/mol. The predicted molar refractivity (Wildman–Crippen MR) is 112 cm³/mol. The van der Waals surface area contributed by atoms with Crippen LogP contribution < -0.4 is 14.8 Å². The number of anilines is 1. The maximum Gasteiger partial charge on any atom is 0.262 e. The van der Waals surface area contributed by atoms with Crippen LogP contribution in [0.4, 0.5) is 5.69 Å². The van der Waals surface area contributed by atoms with Crippen molar-refractivity contribution in [1.29, 1.82) is 0 Å². The van der Waals surface area contributed by atoms with Crippen LogP contribution in [0.25, 0.3) is 0 Å². The van der Waals surface area contributed by atoms with Crippen molar-refractivity contribution in [2.45, 2.75) is 18.7 Å². The molecule has 0 atom stereocenters. The van der Waals surface area contributed by atoms with E-state index in [4.69, 9.17) is 39.5 Å². The fourth-order valence-electron chi connectivity index (χ4n) is 2.05. The van der Waals surface area contributed by atoms with Gasteiger partial charge in [0.25, 0.3) is 5.91 Å². The number of nitrogens with one attached hydrogen (secondary N) is 2. The number of carbonyl (C=O) groups is 1. The maximum absolute atomic E-state index is 12.2. The molecule has 0 aromatic heterocycles. The van der Waals surface area contributed by atoms with Crippen molar-refractivity contribution in [3.8, 4) is 5.75 Å². The lowest BCUT2D eigenvalue weighted by Gasteiger charge is -2.12. The van der Waals surface area contributed by atoms with Crippen LogP contribution in [0, 0.1) is 5.92 Å². The summed E-state index contributed by atoms with van der Waals surface area (Å²) in [6.45, 7) is 3.76. The molecule has 0 aliphatic heterocycles. The molecule has 2 rings (SSSR count). The van der Waals surface area contributed by atoms with E-state index in [9.17, 15) is 13.2 Å². The van der Waals surface area contributed by atoms with E-state index in [1.165, 1.54) is 24.3 Å². The van der Waals surface area contributed by atoms with E-state index in [2.05, 4.69) is 10.0 Å². The number of benzene rings is 2. The van der Waals surface area contributed by atoms with Crippen molar-refractivity contribution >= 4 is 56.4 Å². The van der Waals surface area contributed by atoms with Crippen molar-refractivity contribution in [3.05, 3.63) is 51.5 Å². The first-order chi connectivity index (χ1) is 13.1. The van der Waals surface area contributed by atoms with Crippen LogP contribution in [-0.4, -0.2) is 27.5 Å². The van der Waals surface area contributed by atoms with E-state index < -0.39 is 15.9 Å². The maximum atomic E-state index is 12.2. The van der Waals surface area contributed by atoms with Gasteiger partial charge in [-0.2, -0.15) is 0 Å². The molecule has 0 radical (unpaired) electrons. The molecule has 0 aliphatic carbocycles. The van der Waals surface area contributed by atoms with E-state index in [0.717, 1.165) is 0 Å². The number of rotatable bonds is 8. The lowest BCUT2D eigenvalue weighted by atomic mass is 10.2. The largest absolute Gasteiger partial charge is 0.482 e. The first-order valence-corrected chi connectivity index (χ1v) is 10.9. The summed E-state index contributed by atoms with van der Waals surface area (Å²) in [6.07, 6.45) is 0. The van der Waals surface area contributed by atoms with Gasteiger partial charge in [0, 0.05) is 11.6 Å². The van der Waals surface area contributed by atoms with Crippen LogP contribution in [0.2, 0.25) is 15.1 Å². The van der Waals surface area contributed by atoms with Crippen LogP contribution in [0.3, 0.4) is 0 Å². The van der Waals surface area contributed by atoms with Gasteiger partial charge in [-0.25, -0.2) is 13.1 Å². The Morgan fingerprint density at radius 2 is 1.79 bits per heavy atom. The van der Waals surface area contributed by atoms with Gasteiger partial charge >= 0.3 is 0 Å². The number of ether oxygens (including phenoxy) is 1. The Morgan fingerprint density at radius 1 is 1.07 bits per heavy atom. The third kappa shape index (κ3) is 6.53. The number of sulfonamides is 1. The first kappa shape index (κ1) is 22.8. The summed E-state index contributed by atoms with van der Waals surface area (Å²) in [5.41, 5.74) is 0.353. The highest BCUT2D eigenvalue weighted by atomic mass is 35.5. The highest BCUT2D eigenvalue weighted by molar-refractivity contribution is 7.89. The van der Waals surface area contributed by atoms with Crippen molar-refractivity contribution in [1.82, 2.24) is 4.72 Å². The van der Waals surface area contributed by atoms with E-state index in [0.29, 0.717) is 22.3 Å². The molecule has 0 aliphatic rings. The third-order valence-electron chi connectivity index (χ3n) is 3.46. The monoisotopic (exact) mass is 464 g/mol. The molecule has 10 heteroatoms. The molecule has 0 unspecified atom stereocenters. The molecule has 152 valence electrons. The van der Waals surface area contributed by atoms with Gasteiger partial charge in [-0.1, -0.05) is 48.7 Å². The van der Waals surface area contributed by atoms with Crippen LogP contribution in [-0.2, 0) is 14.8 Å². The fraction of sp³-hybridized carbons (Fsp3) is 0.278. The Hall–Kier alpha value is -1.51. The Balaban J connectivity index is 2.01. The van der Waals surface area contributed by atoms with Crippen molar-refractivity contribution < 1.29 is 17.9 Å². The predicted octanol–water partition coefficient (Wildman–Crippen LogP) is 4.60. The number of hydrogen-bond donors (Lipinski definition) is 2. The van der Waals surface area contributed by atoms with Crippen LogP contribution in [0.1, 0.15) is 13.8 Å². The second-order valence-corrected chi connectivity index (χ2v) is 9.32. The molecule has 0 saturated carbocycles. The molecule has 0 spiro atoms. The normalized spacial score (nSPS) is 11.5. The van der Waals surface area contributed by atoms with Crippen LogP contribution in [0.5, 0.6) is 5.75 Å². The number of halogens is 3. The van der Waals surface area contributed by atoms with E-state index >= 15 is 0 Å². The molecule has 6 nitrogen and oxygen atoms in total. The van der Waals surface area contributed by atoms with Crippen molar-refractivity contribution in [2.75, 3.05) is 18.5 Å². The summed E-state index contributed by atoms with van der Waals surface area (Å²) >= 11 is 18.0. The van der Waals surface area contributed by atoms with Gasteiger partial charge < -0.3 is 10.1 Å². The molecule has 0 saturated heterocycles. The number of amides is 1. The van der Waals surface area contributed by atoms with Gasteiger partial charge in [0.1, 0.15) is 5.75 Å². The number of carbonyl (C=O) groups excluding carboxylic acids is 1. The minimum absolute atomic E-state index is 0.0145. The summed E-state index contributed by atoms with van der Waals surface area (Å²) in [6, 6.07) is 8.69. The van der Waals surface area contributed by atoms with Crippen molar-refractivity contribution in [3.63, 3.8) is 0 Å². The second kappa shape index (κ2) is 9.80. The molecule has 2 N–H and O–H groups in total. The van der Waals surface area contributed by atoms with E-state index in [1.807, 2.05) is 13.8 Å². The van der Waals surface area contributed by atoms with Gasteiger partial charge in [0.05, 0.1) is 20.6 Å². The topological polar surface area (TPSA) is 84.5 Å². The number of hydrogen-bond acceptors (Lipinski definition) is 4. The molecule has 2 aromatic rings. The Kier molecular flexibility index (Phi) is 7.97. The zero-order chi connectivity index (χ0) is 20.9. The Bertz CT molecular complexity index is 965. The minimum Gasteiger partial charge on any atom is -0.482 e. The van der Waals surface area contributed by atoms with E-state index in [-0.39, 0.29) is 28.2 Å². The average molecular weight is 466 g/mol. The second-order valence-electron chi connectivity index (χ2n) is 6.30. The van der Waals surface area contributed by atoms with Gasteiger partial charge in [-0.15, -0.1) is 0 Å². The van der Waals surface area contributed by atoms with E-state index in [1.54, 1.807) is 12.1 Å². The lowest BCUT2D eigenvalue weighted by Crippen LogP contribution is -2.27. The average Bonchev–Trinajstić information content (AvgIpc) is 2.62. The summed E-state index contributed by atoms with van der Waals surface area (Å²) in [7, 11) is -3.67. The zero-order valence-corrected chi connectivity index (χ0v) is 18.2. The summed E-state index contributed by atoms with van der Waals surface area (Å²) < 4.78 is 32.3. The summed E-state index contributed by atoms with van der Waals surface area (Å²) in [5.74, 6) is -0.133. The van der Waals surface area contributed by atoms with Gasteiger partial charge in [-0.3, -0.25) is 4.79 Å². The molecule has 2 aromatic carbocycles. The Morgan fingerprint density at radius 3 is 2.43 bits per heavy atom. The third-order valence-corrected chi connectivity index (χ3v) is 5.74. The standard InChI is InChI=1S/C18H19Cl3N2O4S/c1-11(2)9-22-28(25,26)13-4-6-17(15(21)8-13)27-10-18(24)23-16-7-12(19)3-5-14(16)20/h3-8,11,22H,9-10H2,1-2H3,(H,23,24). The zero-order valence-electron chi connectivity index (χ0n) is 15.1. The molecular formula is C18H19Cl3N2O4S. The smallest absolute Gasteiger partial charge is 0.262 e. The molecule has 0 fully saturated rings. The van der Waals surface area contributed by atoms with Crippen molar-refractivity contribution in [2.24, 2.45) is 5.92 Å². The van der Waals surface area contributed by atoms with Crippen LogP contribution >= 0.6 is 34.8 Å². The fourth-order valence-corrected chi connectivity index (χ4v) is 3.92. The summed E-state index contributed by atoms with van der Waals surface area (Å²) in [4.78, 5) is 12.1.